The van der Waals surface area contributed by atoms with Crippen molar-refractivity contribution in [1.82, 2.24) is 10.6 Å². The first-order valence-corrected chi connectivity index (χ1v) is 7.44. The Kier molecular flexibility index (Phi) is 5.97. The molecule has 0 aromatic heterocycles. The first kappa shape index (κ1) is 13.8. The summed E-state index contributed by atoms with van der Waals surface area (Å²) in [6.45, 7) is 4.50. The normalized spacial score (nSPS) is 20.2. The van der Waals surface area contributed by atoms with Crippen molar-refractivity contribution in [2.24, 2.45) is 0 Å². The summed E-state index contributed by atoms with van der Waals surface area (Å²) < 4.78 is 22.0. The number of hydrogen-bond donors (Lipinski definition) is 2. The van der Waals surface area contributed by atoms with E-state index in [9.17, 15) is 4.57 Å². The maximum atomic E-state index is 11.5. The van der Waals surface area contributed by atoms with Crippen molar-refractivity contribution in [3.05, 3.63) is 23.3 Å². The van der Waals surface area contributed by atoms with Crippen LogP contribution in [0.2, 0.25) is 0 Å². The molecule has 0 amide bonds. The molecule has 0 fully saturated rings. The largest absolute Gasteiger partial charge is 0.698 e. The Morgan fingerprint density at radius 3 is 1.89 bits per heavy atom. The predicted octanol–water partition coefficient (Wildman–Crippen LogP) is 1.52. The van der Waals surface area contributed by atoms with Crippen LogP contribution in [0, 0.1) is 0 Å². The minimum absolute atomic E-state index is 0.414. The van der Waals surface area contributed by atoms with E-state index in [2.05, 4.69) is 22.8 Å². The average molecular weight is 271 g/mol. The predicted molar refractivity (Wildman–Crippen MR) is 70.6 cm³/mol. The van der Waals surface area contributed by atoms with E-state index in [0.717, 1.165) is 39.0 Å². The first-order valence-electron chi connectivity index (χ1n) is 6.35. The van der Waals surface area contributed by atoms with E-state index in [4.69, 9.17) is 9.05 Å². The molecule has 5 nitrogen and oxygen atoms in total. The van der Waals surface area contributed by atoms with Crippen molar-refractivity contribution < 1.29 is 13.6 Å². The monoisotopic (exact) mass is 271 g/mol. The van der Waals surface area contributed by atoms with E-state index in [1.807, 2.05) is 0 Å². The first-order chi connectivity index (χ1) is 8.84. The van der Waals surface area contributed by atoms with Crippen LogP contribution in [0.4, 0.5) is 0 Å². The Labute approximate surface area is 109 Å². The van der Waals surface area contributed by atoms with Gasteiger partial charge in [0.25, 0.3) is 0 Å². The topological polar surface area (TPSA) is 59.6 Å². The molecule has 0 bridgehead atoms. The SMILES string of the molecule is O=[P+](OCC1=CCNCC1)OCC1=CCNCC1. The van der Waals surface area contributed by atoms with Gasteiger partial charge in [-0.1, -0.05) is 12.2 Å². The zero-order valence-electron chi connectivity index (χ0n) is 10.5. The van der Waals surface area contributed by atoms with Crippen LogP contribution in [0.15, 0.2) is 23.3 Å². The van der Waals surface area contributed by atoms with Crippen LogP contribution in [-0.2, 0) is 13.6 Å². The summed E-state index contributed by atoms with van der Waals surface area (Å²) in [5, 5.41) is 6.44. The van der Waals surface area contributed by atoms with E-state index in [1.54, 1.807) is 0 Å². The smallest absolute Gasteiger partial charge is 0.313 e. The highest BCUT2D eigenvalue weighted by Crippen LogP contribution is 2.26. The summed E-state index contributed by atoms with van der Waals surface area (Å²) in [5.41, 5.74) is 2.39. The van der Waals surface area contributed by atoms with Crippen LogP contribution < -0.4 is 10.6 Å². The summed E-state index contributed by atoms with van der Waals surface area (Å²) in [4.78, 5) is 0. The van der Waals surface area contributed by atoms with Crippen molar-refractivity contribution in [3.8, 4) is 0 Å². The molecule has 2 aliphatic heterocycles. The third kappa shape index (κ3) is 4.96. The zero-order valence-corrected chi connectivity index (χ0v) is 11.4. The molecule has 0 spiro atoms. The van der Waals surface area contributed by atoms with Crippen LogP contribution in [0.1, 0.15) is 12.8 Å². The van der Waals surface area contributed by atoms with Crippen molar-refractivity contribution in [3.63, 3.8) is 0 Å². The van der Waals surface area contributed by atoms with Gasteiger partial charge in [-0.15, -0.1) is 9.05 Å². The molecule has 2 rings (SSSR count). The fourth-order valence-electron chi connectivity index (χ4n) is 1.91. The lowest BCUT2D eigenvalue weighted by molar-refractivity contribution is 0.248. The van der Waals surface area contributed by atoms with Gasteiger partial charge in [0.2, 0.25) is 0 Å². The van der Waals surface area contributed by atoms with Gasteiger partial charge < -0.3 is 10.6 Å². The Bertz CT molecular complexity index is 323. The molecule has 6 heteroatoms. The van der Waals surface area contributed by atoms with Gasteiger partial charge in [-0.2, -0.15) is 0 Å². The van der Waals surface area contributed by atoms with E-state index in [0.29, 0.717) is 13.2 Å². The summed E-state index contributed by atoms with van der Waals surface area (Å²) in [6.07, 6.45) is 6.09. The maximum absolute atomic E-state index is 11.5. The van der Waals surface area contributed by atoms with Crippen LogP contribution in [0.3, 0.4) is 0 Å². The molecule has 0 aliphatic carbocycles. The quantitative estimate of drug-likeness (QED) is 0.566. The highest BCUT2D eigenvalue weighted by atomic mass is 31.1. The van der Waals surface area contributed by atoms with Gasteiger partial charge in [-0.05, 0) is 37.1 Å². The van der Waals surface area contributed by atoms with Crippen LogP contribution in [0.25, 0.3) is 0 Å². The van der Waals surface area contributed by atoms with Gasteiger partial charge >= 0.3 is 8.25 Å². The Morgan fingerprint density at radius 1 is 1.00 bits per heavy atom. The van der Waals surface area contributed by atoms with E-state index >= 15 is 0 Å². The minimum Gasteiger partial charge on any atom is -0.313 e. The molecular weight excluding hydrogens is 251 g/mol. The van der Waals surface area contributed by atoms with E-state index < -0.39 is 8.25 Å². The Balaban J connectivity index is 1.62. The molecule has 0 saturated carbocycles. The lowest BCUT2D eigenvalue weighted by Crippen LogP contribution is -2.22. The van der Waals surface area contributed by atoms with Gasteiger partial charge in [-0.3, -0.25) is 0 Å². The molecule has 18 heavy (non-hydrogen) atoms. The highest BCUT2D eigenvalue weighted by molar-refractivity contribution is 7.33. The average Bonchev–Trinajstić information content (AvgIpc) is 2.45. The molecule has 0 atom stereocenters. The molecule has 0 unspecified atom stereocenters. The summed E-state index contributed by atoms with van der Waals surface area (Å²) in [5.74, 6) is 0. The van der Waals surface area contributed by atoms with Gasteiger partial charge in [-0.25, -0.2) is 0 Å². The molecule has 0 saturated heterocycles. The molecular formula is C12H20N2O3P+. The third-order valence-electron chi connectivity index (χ3n) is 3.03. The molecule has 0 aromatic rings. The summed E-state index contributed by atoms with van der Waals surface area (Å²) in [7, 11) is -2.00. The standard InChI is InChI=1S/C12H20N2O3P/c15-18(16-9-11-1-5-13-6-2-11)17-10-12-3-7-14-8-4-12/h1,3,13-14H,2,4-10H2/q+1. The van der Waals surface area contributed by atoms with Crippen molar-refractivity contribution in [2.45, 2.75) is 12.8 Å². The minimum atomic E-state index is -2.00. The van der Waals surface area contributed by atoms with Gasteiger partial charge in [0.05, 0.1) is 0 Å². The second-order valence-electron chi connectivity index (χ2n) is 4.40. The number of rotatable bonds is 6. The fraction of sp³-hybridized carbons (Fsp3) is 0.667. The van der Waals surface area contributed by atoms with Crippen molar-refractivity contribution in [1.29, 1.82) is 0 Å². The van der Waals surface area contributed by atoms with E-state index in [1.165, 1.54) is 11.1 Å². The zero-order chi connectivity index (χ0) is 12.6. The van der Waals surface area contributed by atoms with Crippen LogP contribution in [-0.4, -0.2) is 39.4 Å². The van der Waals surface area contributed by atoms with Crippen LogP contribution >= 0.6 is 8.25 Å². The molecule has 2 aliphatic rings. The van der Waals surface area contributed by atoms with Crippen molar-refractivity contribution in [2.75, 3.05) is 39.4 Å². The second kappa shape index (κ2) is 7.77. The molecule has 0 aromatic carbocycles. The molecule has 0 radical (unpaired) electrons. The van der Waals surface area contributed by atoms with Gasteiger partial charge in [0, 0.05) is 17.7 Å². The number of hydrogen-bond acceptors (Lipinski definition) is 5. The van der Waals surface area contributed by atoms with Gasteiger partial charge in [0.15, 0.2) is 0 Å². The third-order valence-corrected chi connectivity index (χ3v) is 3.71. The van der Waals surface area contributed by atoms with E-state index in [-0.39, 0.29) is 0 Å². The summed E-state index contributed by atoms with van der Waals surface area (Å²) >= 11 is 0. The maximum Gasteiger partial charge on any atom is 0.698 e. The van der Waals surface area contributed by atoms with Gasteiger partial charge in [0.1, 0.15) is 13.2 Å². The lowest BCUT2D eigenvalue weighted by atomic mass is 10.1. The Morgan fingerprint density at radius 2 is 1.50 bits per heavy atom. The molecule has 100 valence electrons. The highest BCUT2D eigenvalue weighted by Gasteiger charge is 2.22. The fourth-order valence-corrected chi connectivity index (χ4v) is 2.53. The Hall–Kier alpha value is -0.580. The second-order valence-corrected chi connectivity index (χ2v) is 5.37. The summed E-state index contributed by atoms with van der Waals surface area (Å²) in [6, 6.07) is 0. The van der Waals surface area contributed by atoms with Crippen LogP contribution in [0.5, 0.6) is 0 Å². The molecule has 2 heterocycles. The molecule has 2 N–H and O–H groups in total. The lowest BCUT2D eigenvalue weighted by Gasteiger charge is -2.11. The van der Waals surface area contributed by atoms with Crippen molar-refractivity contribution >= 4 is 8.25 Å². The number of nitrogens with one attached hydrogen (secondary N) is 2.